The lowest BCUT2D eigenvalue weighted by Crippen LogP contribution is -2.38. The van der Waals surface area contributed by atoms with E-state index >= 15 is 0 Å². The molecule has 34 heavy (non-hydrogen) atoms. The normalized spacial score (nSPS) is 15.0. The van der Waals surface area contributed by atoms with Gasteiger partial charge in [0.15, 0.2) is 11.5 Å². The second-order valence-electron chi connectivity index (χ2n) is 9.01. The molecule has 5 nitrogen and oxygen atoms in total. The van der Waals surface area contributed by atoms with E-state index < -0.39 is 0 Å². The largest absolute Gasteiger partial charge is 0.440 e. The number of carbonyl (C=O) groups is 1. The van der Waals surface area contributed by atoms with Crippen LogP contribution in [-0.4, -0.2) is 35.4 Å². The number of hydrogen-bond acceptors (Lipinski definition) is 4. The van der Waals surface area contributed by atoms with E-state index in [4.69, 9.17) is 16.0 Å². The summed E-state index contributed by atoms with van der Waals surface area (Å²) in [7, 11) is 0. The van der Waals surface area contributed by atoms with Gasteiger partial charge in [0.05, 0.1) is 0 Å². The molecule has 1 aliphatic heterocycles. The number of rotatable bonds is 7. The quantitative estimate of drug-likeness (QED) is 0.373. The Kier molecular flexibility index (Phi) is 6.93. The Labute approximate surface area is 204 Å². The molecule has 1 N–H and O–H groups in total. The average Bonchev–Trinajstić information content (AvgIpc) is 3.27. The van der Waals surface area contributed by atoms with Crippen LogP contribution in [0.4, 0.5) is 0 Å². The van der Waals surface area contributed by atoms with E-state index in [9.17, 15) is 4.79 Å². The van der Waals surface area contributed by atoms with Gasteiger partial charge in [0.2, 0.25) is 0 Å². The van der Waals surface area contributed by atoms with Crippen molar-refractivity contribution in [1.82, 2.24) is 15.2 Å². The summed E-state index contributed by atoms with van der Waals surface area (Å²) in [6, 6.07) is 23.6. The van der Waals surface area contributed by atoms with Crippen LogP contribution in [0.25, 0.3) is 11.1 Å². The number of oxazole rings is 1. The molecule has 3 aromatic carbocycles. The molecule has 0 spiro atoms. The number of carbonyl (C=O) groups excluding carboxylic acids is 1. The van der Waals surface area contributed by atoms with Crippen molar-refractivity contribution in [3.8, 4) is 0 Å². The summed E-state index contributed by atoms with van der Waals surface area (Å²) in [6.07, 6.45) is 2.80. The van der Waals surface area contributed by atoms with Crippen molar-refractivity contribution in [3.05, 3.63) is 100 Å². The number of amides is 1. The van der Waals surface area contributed by atoms with Crippen molar-refractivity contribution >= 4 is 28.6 Å². The Balaban J connectivity index is 1.12. The summed E-state index contributed by atoms with van der Waals surface area (Å²) in [4.78, 5) is 19.8. The number of likely N-dealkylation sites (tertiary alicyclic amines) is 1. The summed E-state index contributed by atoms with van der Waals surface area (Å²) in [5.74, 6) is 1.09. The lowest BCUT2D eigenvalue weighted by atomic mass is 9.96. The first kappa shape index (κ1) is 22.6. The fourth-order valence-corrected chi connectivity index (χ4v) is 4.62. The van der Waals surface area contributed by atoms with Crippen molar-refractivity contribution in [2.75, 3.05) is 19.6 Å². The number of nitrogens with zero attached hydrogens (tertiary/aromatic N) is 2. The number of fused-ring (bicyclic) bond motifs is 1. The van der Waals surface area contributed by atoms with Crippen LogP contribution in [-0.2, 0) is 13.0 Å². The van der Waals surface area contributed by atoms with Gasteiger partial charge in [-0.3, -0.25) is 9.69 Å². The Morgan fingerprint density at radius 1 is 1.00 bits per heavy atom. The fraction of sp³-hybridized carbons (Fsp3) is 0.286. The van der Waals surface area contributed by atoms with Gasteiger partial charge in [-0.25, -0.2) is 4.98 Å². The van der Waals surface area contributed by atoms with E-state index in [-0.39, 0.29) is 5.91 Å². The zero-order valence-corrected chi connectivity index (χ0v) is 19.8. The number of benzene rings is 3. The van der Waals surface area contributed by atoms with Gasteiger partial charge in [-0.15, -0.1) is 0 Å². The van der Waals surface area contributed by atoms with Gasteiger partial charge in [0.25, 0.3) is 5.91 Å². The average molecular weight is 474 g/mol. The van der Waals surface area contributed by atoms with Crippen molar-refractivity contribution in [1.29, 1.82) is 0 Å². The molecule has 1 fully saturated rings. The fourth-order valence-electron chi connectivity index (χ4n) is 4.50. The van der Waals surface area contributed by atoms with E-state index in [1.807, 2.05) is 42.5 Å². The summed E-state index contributed by atoms with van der Waals surface area (Å²) in [5, 5.41) is 3.89. The highest BCUT2D eigenvalue weighted by molar-refractivity contribution is 6.30. The van der Waals surface area contributed by atoms with Gasteiger partial charge < -0.3 is 9.73 Å². The molecule has 1 aromatic heterocycles. The van der Waals surface area contributed by atoms with Crippen LogP contribution in [0.15, 0.2) is 77.2 Å². The van der Waals surface area contributed by atoms with Gasteiger partial charge in [-0.05, 0) is 73.3 Å². The predicted molar refractivity (Wildman–Crippen MR) is 135 cm³/mol. The van der Waals surface area contributed by atoms with Crippen LogP contribution in [0.5, 0.6) is 0 Å². The Morgan fingerprint density at radius 3 is 2.53 bits per heavy atom. The summed E-state index contributed by atoms with van der Waals surface area (Å²) in [6.45, 7) is 3.72. The van der Waals surface area contributed by atoms with E-state index in [0.717, 1.165) is 48.6 Å². The highest BCUT2D eigenvalue weighted by atomic mass is 35.5. The maximum absolute atomic E-state index is 12.8. The molecule has 0 aliphatic carbocycles. The van der Waals surface area contributed by atoms with Crippen molar-refractivity contribution in [3.63, 3.8) is 0 Å². The third-order valence-electron chi connectivity index (χ3n) is 6.47. The molecule has 0 radical (unpaired) electrons. The zero-order valence-electron chi connectivity index (χ0n) is 19.0. The maximum atomic E-state index is 12.8. The van der Waals surface area contributed by atoms with Gasteiger partial charge in [0.1, 0.15) is 5.52 Å². The van der Waals surface area contributed by atoms with E-state index in [0.29, 0.717) is 35.9 Å². The first-order valence-corrected chi connectivity index (χ1v) is 12.2. The van der Waals surface area contributed by atoms with Crippen molar-refractivity contribution < 1.29 is 9.21 Å². The summed E-state index contributed by atoms with van der Waals surface area (Å²) < 4.78 is 5.92. The third-order valence-corrected chi connectivity index (χ3v) is 6.72. The van der Waals surface area contributed by atoms with Crippen LogP contribution in [0, 0.1) is 5.92 Å². The summed E-state index contributed by atoms with van der Waals surface area (Å²) >= 11 is 5.98. The minimum Gasteiger partial charge on any atom is -0.440 e. The van der Waals surface area contributed by atoms with Crippen LogP contribution >= 0.6 is 11.6 Å². The minimum atomic E-state index is -0.0634. The highest BCUT2D eigenvalue weighted by Gasteiger charge is 2.20. The molecule has 0 bridgehead atoms. The van der Waals surface area contributed by atoms with Crippen molar-refractivity contribution in [2.24, 2.45) is 5.92 Å². The lowest BCUT2D eigenvalue weighted by Gasteiger charge is -2.32. The van der Waals surface area contributed by atoms with E-state index in [1.165, 1.54) is 5.56 Å². The molecule has 0 atom stereocenters. The number of piperidine rings is 1. The molecule has 6 heteroatoms. The molecule has 4 aromatic rings. The van der Waals surface area contributed by atoms with Gasteiger partial charge >= 0.3 is 0 Å². The SMILES string of the molecule is O=C(NCC1CCN(Cc2ccc(Cl)cc2)CC1)c1ccc2nc(Cc3ccccc3)oc2c1. The molecule has 1 saturated heterocycles. The first-order chi connectivity index (χ1) is 16.6. The van der Waals surface area contributed by atoms with Crippen LogP contribution in [0.1, 0.15) is 40.2 Å². The van der Waals surface area contributed by atoms with Crippen molar-refractivity contribution in [2.45, 2.75) is 25.8 Å². The Morgan fingerprint density at radius 2 is 1.76 bits per heavy atom. The number of aromatic nitrogens is 1. The Hall–Kier alpha value is -3.15. The standard InChI is InChI=1S/C28H28ClN3O2/c29-24-9-6-22(7-10-24)19-32-14-12-21(13-15-32)18-30-28(33)23-8-11-25-26(17-23)34-27(31-25)16-20-4-2-1-3-5-20/h1-11,17,21H,12-16,18-19H2,(H,30,33). The number of halogens is 1. The molecular formula is C28H28ClN3O2. The molecular weight excluding hydrogens is 446 g/mol. The molecule has 174 valence electrons. The van der Waals surface area contributed by atoms with E-state index in [1.54, 1.807) is 6.07 Å². The predicted octanol–water partition coefficient (Wildman–Crippen LogP) is 5.71. The molecule has 1 amide bonds. The molecule has 1 aliphatic rings. The maximum Gasteiger partial charge on any atom is 0.251 e. The zero-order chi connectivity index (χ0) is 23.3. The second kappa shape index (κ2) is 10.4. The van der Waals surface area contributed by atoms with Crippen LogP contribution < -0.4 is 5.32 Å². The first-order valence-electron chi connectivity index (χ1n) is 11.8. The van der Waals surface area contributed by atoms with Crippen LogP contribution in [0.3, 0.4) is 0 Å². The van der Waals surface area contributed by atoms with E-state index in [2.05, 4.69) is 39.5 Å². The topological polar surface area (TPSA) is 58.4 Å². The molecule has 0 unspecified atom stereocenters. The molecule has 5 rings (SSSR count). The third kappa shape index (κ3) is 5.66. The smallest absolute Gasteiger partial charge is 0.251 e. The minimum absolute atomic E-state index is 0.0634. The second-order valence-corrected chi connectivity index (χ2v) is 9.44. The molecule has 0 saturated carbocycles. The lowest BCUT2D eigenvalue weighted by molar-refractivity contribution is 0.0935. The highest BCUT2D eigenvalue weighted by Crippen LogP contribution is 2.21. The van der Waals surface area contributed by atoms with Gasteiger partial charge in [-0.1, -0.05) is 54.1 Å². The Bertz CT molecular complexity index is 1250. The number of nitrogens with one attached hydrogen (secondary N) is 1. The van der Waals surface area contributed by atoms with Gasteiger partial charge in [0, 0.05) is 30.1 Å². The summed E-state index contributed by atoms with van der Waals surface area (Å²) in [5.41, 5.74) is 4.46. The number of hydrogen-bond donors (Lipinski definition) is 1. The monoisotopic (exact) mass is 473 g/mol. The molecule has 2 heterocycles. The van der Waals surface area contributed by atoms with Gasteiger partial charge in [-0.2, -0.15) is 0 Å². The van der Waals surface area contributed by atoms with Crippen LogP contribution in [0.2, 0.25) is 5.02 Å².